The minimum absolute atomic E-state index is 0.0631. The molecule has 2 rings (SSSR count). The van der Waals surface area contributed by atoms with Crippen LogP contribution in [0.25, 0.3) is 0 Å². The van der Waals surface area contributed by atoms with E-state index in [1.165, 1.54) is 13.1 Å². The molecule has 7 heteroatoms. The van der Waals surface area contributed by atoms with Crippen LogP contribution >= 0.6 is 0 Å². The summed E-state index contributed by atoms with van der Waals surface area (Å²) in [4.78, 5) is 0. The highest BCUT2D eigenvalue weighted by Crippen LogP contribution is 2.16. The molecule has 0 fully saturated rings. The monoisotopic (exact) mass is 310 g/mol. The Balaban J connectivity index is 2.03. The summed E-state index contributed by atoms with van der Waals surface area (Å²) in [5, 5.41) is 12.4. The summed E-state index contributed by atoms with van der Waals surface area (Å²) in [5.41, 5.74) is 0.953. The van der Waals surface area contributed by atoms with Gasteiger partial charge in [0.1, 0.15) is 5.76 Å². The smallest absolute Gasteiger partial charge is 0.273 e. The lowest BCUT2D eigenvalue weighted by molar-refractivity contribution is 0.239. The van der Waals surface area contributed by atoms with Crippen molar-refractivity contribution >= 4 is 10.0 Å². The molecule has 3 N–H and O–H groups in total. The number of rotatable bonds is 7. The van der Waals surface area contributed by atoms with E-state index in [9.17, 15) is 13.5 Å². The highest BCUT2D eigenvalue weighted by molar-refractivity contribution is 7.89. The standard InChI is InChI=1S/C14H18N2O4S/c1-15-21(18,19)14-8-7-12(20-14)9-16-13(10-17)11-5-3-2-4-6-11/h2-8,13,15-17H,9-10H2,1H3. The van der Waals surface area contributed by atoms with Crippen LogP contribution in [0, 0.1) is 0 Å². The second-order valence-electron chi connectivity index (χ2n) is 4.46. The van der Waals surface area contributed by atoms with Crippen molar-refractivity contribution < 1.29 is 17.9 Å². The number of aliphatic hydroxyl groups is 1. The van der Waals surface area contributed by atoms with Gasteiger partial charge in [0.05, 0.1) is 19.2 Å². The fraction of sp³-hybridized carbons (Fsp3) is 0.286. The number of hydrogen-bond donors (Lipinski definition) is 3. The van der Waals surface area contributed by atoms with E-state index in [2.05, 4.69) is 10.0 Å². The van der Waals surface area contributed by atoms with Crippen LogP contribution in [0.5, 0.6) is 0 Å². The first-order valence-electron chi connectivity index (χ1n) is 6.48. The summed E-state index contributed by atoms with van der Waals surface area (Å²) in [6, 6.07) is 12.3. The molecule has 1 unspecified atom stereocenters. The van der Waals surface area contributed by atoms with E-state index in [-0.39, 0.29) is 17.7 Å². The topological polar surface area (TPSA) is 91.6 Å². The van der Waals surface area contributed by atoms with Gasteiger partial charge in [0.15, 0.2) is 0 Å². The Bertz CT molecular complexity index is 667. The van der Waals surface area contributed by atoms with Crippen molar-refractivity contribution in [3.05, 3.63) is 53.8 Å². The van der Waals surface area contributed by atoms with E-state index in [4.69, 9.17) is 4.42 Å². The molecule has 6 nitrogen and oxygen atoms in total. The maximum absolute atomic E-state index is 11.6. The van der Waals surface area contributed by atoms with Crippen LogP contribution in [-0.2, 0) is 16.6 Å². The van der Waals surface area contributed by atoms with Crippen LogP contribution in [0.1, 0.15) is 17.4 Å². The van der Waals surface area contributed by atoms with Gasteiger partial charge in [-0.15, -0.1) is 0 Å². The highest BCUT2D eigenvalue weighted by Gasteiger charge is 2.17. The second kappa shape index (κ2) is 6.86. The summed E-state index contributed by atoms with van der Waals surface area (Å²) < 4.78 is 30.6. The van der Waals surface area contributed by atoms with E-state index in [0.29, 0.717) is 12.3 Å². The van der Waals surface area contributed by atoms with Crippen LogP contribution < -0.4 is 10.0 Å². The molecular formula is C14H18N2O4S. The summed E-state index contributed by atoms with van der Waals surface area (Å²) >= 11 is 0. The average molecular weight is 310 g/mol. The van der Waals surface area contributed by atoms with E-state index in [1.54, 1.807) is 6.07 Å². The van der Waals surface area contributed by atoms with E-state index in [1.807, 2.05) is 30.3 Å². The largest absolute Gasteiger partial charge is 0.447 e. The molecule has 2 aromatic rings. The molecule has 0 saturated carbocycles. The van der Waals surface area contributed by atoms with E-state index < -0.39 is 10.0 Å². The first-order valence-corrected chi connectivity index (χ1v) is 7.96. The lowest BCUT2D eigenvalue weighted by Gasteiger charge is -2.15. The van der Waals surface area contributed by atoms with Crippen LogP contribution in [0.15, 0.2) is 52.0 Å². The zero-order chi connectivity index (χ0) is 15.3. The van der Waals surface area contributed by atoms with Crippen molar-refractivity contribution in [1.82, 2.24) is 10.0 Å². The Kier molecular flexibility index (Phi) is 5.13. The van der Waals surface area contributed by atoms with Crippen LogP contribution in [0.2, 0.25) is 0 Å². The Labute approximate surface area is 123 Å². The van der Waals surface area contributed by atoms with Gasteiger partial charge in [-0.3, -0.25) is 0 Å². The molecule has 1 aromatic heterocycles. The fourth-order valence-corrected chi connectivity index (χ4v) is 2.56. The quantitative estimate of drug-likeness (QED) is 0.710. The zero-order valence-corrected chi connectivity index (χ0v) is 12.4. The normalized spacial score (nSPS) is 13.2. The molecule has 114 valence electrons. The Morgan fingerprint density at radius 2 is 1.90 bits per heavy atom. The van der Waals surface area contributed by atoms with E-state index in [0.717, 1.165) is 5.56 Å². The van der Waals surface area contributed by atoms with Crippen molar-refractivity contribution in [1.29, 1.82) is 0 Å². The van der Waals surface area contributed by atoms with Gasteiger partial charge in [-0.2, -0.15) is 0 Å². The molecule has 1 aromatic carbocycles. The number of sulfonamides is 1. The first-order chi connectivity index (χ1) is 10.1. The number of aliphatic hydroxyl groups excluding tert-OH is 1. The Hall–Kier alpha value is -1.67. The number of benzene rings is 1. The van der Waals surface area contributed by atoms with Gasteiger partial charge >= 0.3 is 0 Å². The third-order valence-electron chi connectivity index (χ3n) is 3.08. The third-order valence-corrected chi connectivity index (χ3v) is 4.36. The average Bonchev–Trinajstić information content (AvgIpc) is 2.99. The van der Waals surface area contributed by atoms with Crippen molar-refractivity contribution in [3.8, 4) is 0 Å². The minimum Gasteiger partial charge on any atom is -0.447 e. The summed E-state index contributed by atoms with van der Waals surface area (Å²) in [7, 11) is -2.24. The van der Waals surface area contributed by atoms with Gasteiger partial charge in [0.25, 0.3) is 10.0 Å². The molecule has 0 saturated heterocycles. The molecule has 0 radical (unpaired) electrons. The maximum Gasteiger partial charge on any atom is 0.273 e. The Morgan fingerprint density at radius 1 is 1.19 bits per heavy atom. The number of hydrogen-bond acceptors (Lipinski definition) is 5. The summed E-state index contributed by atoms with van der Waals surface area (Å²) in [6.07, 6.45) is 0. The predicted octanol–water partition coefficient (Wildman–Crippen LogP) is 1.01. The van der Waals surface area contributed by atoms with Crippen molar-refractivity contribution in [2.24, 2.45) is 0 Å². The molecule has 0 bridgehead atoms. The van der Waals surface area contributed by atoms with Crippen molar-refractivity contribution in [2.45, 2.75) is 17.7 Å². The highest BCUT2D eigenvalue weighted by atomic mass is 32.2. The molecular weight excluding hydrogens is 292 g/mol. The summed E-state index contributed by atoms with van der Waals surface area (Å²) in [6.45, 7) is 0.256. The van der Waals surface area contributed by atoms with Crippen molar-refractivity contribution in [3.63, 3.8) is 0 Å². The zero-order valence-electron chi connectivity index (χ0n) is 11.6. The van der Waals surface area contributed by atoms with E-state index >= 15 is 0 Å². The van der Waals surface area contributed by atoms with Crippen LogP contribution in [0.4, 0.5) is 0 Å². The predicted molar refractivity (Wildman–Crippen MR) is 78.1 cm³/mol. The number of nitrogens with one attached hydrogen (secondary N) is 2. The molecule has 21 heavy (non-hydrogen) atoms. The molecule has 0 spiro atoms. The van der Waals surface area contributed by atoms with Gasteiger partial charge in [-0.05, 0) is 24.7 Å². The van der Waals surface area contributed by atoms with Gasteiger partial charge in [0, 0.05) is 0 Å². The SMILES string of the molecule is CNS(=O)(=O)c1ccc(CNC(CO)c2ccccc2)o1. The van der Waals surface area contributed by atoms with Crippen LogP contribution in [-0.4, -0.2) is 27.2 Å². The molecule has 0 amide bonds. The third kappa shape index (κ3) is 3.92. The molecule has 1 heterocycles. The maximum atomic E-state index is 11.6. The number of furan rings is 1. The molecule has 0 aliphatic heterocycles. The molecule has 0 aliphatic rings. The minimum atomic E-state index is -3.57. The van der Waals surface area contributed by atoms with Gasteiger partial charge in [-0.1, -0.05) is 30.3 Å². The Morgan fingerprint density at radius 3 is 2.52 bits per heavy atom. The lowest BCUT2D eigenvalue weighted by atomic mass is 10.1. The fourth-order valence-electron chi connectivity index (χ4n) is 1.90. The van der Waals surface area contributed by atoms with Gasteiger partial charge < -0.3 is 14.8 Å². The van der Waals surface area contributed by atoms with Crippen LogP contribution in [0.3, 0.4) is 0 Å². The summed E-state index contributed by atoms with van der Waals surface area (Å²) in [5.74, 6) is 0.484. The first kappa shape index (κ1) is 15.7. The molecule has 0 aliphatic carbocycles. The van der Waals surface area contributed by atoms with Gasteiger partial charge in [-0.25, -0.2) is 13.1 Å². The second-order valence-corrected chi connectivity index (χ2v) is 6.27. The lowest BCUT2D eigenvalue weighted by Crippen LogP contribution is -2.23. The van der Waals surface area contributed by atoms with Crippen molar-refractivity contribution in [2.75, 3.05) is 13.7 Å². The van der Waals surface area contributed by atoms with Gasteiger partial charge in [0.2, 0.25) is 5.09 Å². The molecule has 1 atom stereocenters.